The Morgan fingerprint density at radius 2 is 1.38 bits per heavy atom. The van der Waals surface area contributed by atoms with Crippen molar-refractivity contribution in [1.29, 1.82) is 0 Å². The molecule has 0 unspecified atom stereocenters. The van der Waals surface area contributed by atoms with Crippen molar-refractivity contribution in [3.63, 3.8) is 0 Å². The van der Waals surface area contributed by atoms with E-state index in [2.05, 4.69) is 15.9 Å². The van der Waals surface area contributed by atoms with E-state index in [4.69, 9.17) is 5.73 Å². The summed E-state index contributed by atoms with van der Waals surface area (Å²) in [6.45, 7) is 0. The topological polar surface area (TPSA) is 30.9 Å². The monoisotopic (exact) mass is 456 g/mol. The molecular formula is C23H16BrF3N2. The van der Waals surface area contributed by atoms with Crippen molar-refractivity contribution < 1.29 is 13.2 Å². The van der Waals surface area contributed by atoms with Gasteiger partial charge in [-0.15, -0.1) is 0 Å². The fourth-order valence-corrected chi connectivity index (χ4v) is 3.64. The number of benzene rings is 3. The van der Waals surface area contributed by atoms with Crippen LogP contribution in [0.3, 0.4) is 0 Å². The van der Waals surface area contributed by atoms with Gasteiger partial charge in [0.2, 0.25) is 0 Å². The summed E-state index contributed by atoms with van der Waals surface area (Å²) in [6.07, 6.45) is -4.48. The molecule has 3 aromatic carbocycles. The number of anilines is 1. The van der Waals surface area contributed by atoms with Gasteiger partial charge in [0.1, 0.15) is 0 Å². The lowest BCUT2D eigenvalue weighted by Crippen LogP contribution is -2.12. The van der Waals surface area contributed by atoms with Crippen LogP contribution in [0, 0.1) is 0 Å². The first-order valence-corrected chi connectivity index (χ1v) is 9.64. The Morgan fingerprint density at radius 3 is 2.03 bits per heavy atom. The fraction of sp³-hybridized carbons (Fsp3) is 0.0435. The summed E-state index contributed by atoms with van der Waals surface area (Å²) in [5.41, 5.74) is 8.68. The van der Waals surface area contributed by atoms with Crippen molar-refractivity contribution in [2.24, 2.45) is 0 Å². The zero-order valence-electron chi connectivity index (χ0n) is 15.1. The third kappa shape index (κ3) is 3.80. The van der Waals surface area contributed by atoms with Crippen LogP contribution in [0.25, 0.3) is 28.2 Å². The maximum Gasteiger partial charge on any atom is 0.418 e. The average Bonchev–Trinajstić information content (AvgIpc) is 3.13. The number of hydrogen-bond donors (Lipinski definition) is 1. The van der Waals surface area contributed by atoms with E-state index in [0.717, 1.165) is 21.7 Å². The first kappa shape index (κ1) is 19.3. The van der Waals surface area contributed by atoms with Gasteiger partial charge >= 0.3 is 6.18 Å². The second kappa shape index (κ2) is 7.44. The lowest BCUT2D eigenvalue weighted by molar-refractivity contribution is -0.137. The second-order valence-electron chi connectivity index (χ2n) is 6.59. The highest BCUT2D eigenvalue weighted by Crippen LogP contribution is 2.39. The number of hydrogen-bond acceptors (Lipinski definition) is 1. The fourth-order valence-electron chi connectivity index (χ4n) is 3.37. The van der Waals surface area contributed by atoms with E-state index in [1.807, 2.05) is 42.5 Å². The minimum absolute atomic E-state index is 0.0698. The van der Waals surface area contributed by atoms with E-state index in [-0.39, 0.29) is 5.69 Å². The summed E-state index contributed by atoms with van der Waals surface area (Å²) in [6, 6.07) is 23.8. The Balaban J connectivity index is 2.03. The van der Waals surface area contributed by atoms with Gasteiger partial charge in [-0.05, 0) is 54.1 Å². The smallest absolute Gasteiger partial charge is 0.399 e. The van der Waals surface area contributed by atoms with E-state index in [0.29, 0.717) is 17.1 Å². The molecular weight excluding hydrogens is 441 g/mol. The number of halogens is 4. The van der Waals surface area contributed by atoms with Crippen LogP contribution in [0.4, 0.5) is 18.9 Å². The molecule has 0 amide bonds. The maximum absolute atomic E-state index is 13.8. The SMILES string of the molecule is Nc1cccc(-c2ccc(-c3ccc(Br)cc3)n2-c2ccccc2C(F)(F)F)c1. The Hall–Kier alpha value is -2.99. The van der Waals surface area contributed by atoms with Crippen LogP contribution in [0.15, 0.2) is 89.4 Å². The molecule has 0 fully saturated rings. The molecule has 2 nitrogen and oxygen atoms in total. The van der Waals surface area contributed by atoms with Crippen LogP contribution in [0.5, 0.6) is 0 Å². The molecule has 0 saturated heterocycles. The Kier molecular flexibility index (Phi) is 4.96. The van der Waals surface area contributed by atoms with Crippen molar-refractivity contribution in [2.45, 2.75) is 6.18 Å². The molecule has 0 spiro atoms. The minimum atomic E-state index is -4.48. The zero-order valence-corrected chi connectivity index (χ0v) is 16.7. The van der Waals surface area contributed by atoms with E-state index < -0.39 is 11.7 Å². The largest absolute Gasteiger partial charge is 0.418 e. The molecule has 0 aliphatic heterocycles. The molecule has 1 aromatic heterocycles. The van der Waals surface area contributed by atoms with Crippen LogP contribution < -0.4 is 5.73 Å². The number of nitrogen functional groups attached to an aromatic ring is 1. The van der Waals surface area contributed by atoms with Gasteiger partial charge in [-0.1, -0.05) is 52.3 Å². The molecule has 0 aliphatic carbocycles. The quantitative estimate of drug-likeness (QED) is 0.325. The molecule has 0 atom stereocenters. The highest BCUT2D eigenvalue weighted by atomic mass is 79.9. The van der Waals surface area contributed by atoms with Gasteiger partial charge in [0.25, 0.3) is 0 Å². The molecule has 1 heterocycles. The van der Waals surface area contributed by atoms with E-state index in [1.165, 1.54) is 12.1 Å². The van der Waals surface area contributed by atoms with Crippen molar-refractivity contribution in [3.8, 4) is 28.2 Å². The van der Waals surface area contributed by atoms with Gasteiger partial charge in [-0.25, -0.2) is 0 Å². The van der Waals surface area contributed by atoms with Gasteiger partial charge in [-0.2, -0.15) is 13.2 Å². The molecule has 146 valence electrons. The highest BCUT2D eigenvalue weighted by Gasteiger charge is 2.34. The summed E-state index contributed by atoms with van der Waals surface area (Å²) >= 11 is 3.40. The number of aromatic nitrogens is 1. The molecule has 0 radical (unpaired) electrons. The van der Waals surface area contributed by atoms with E-state index in [9.17, 15) is 13.2 Å². The molecule has 4 aromatic rings. The van der Waals surface area contributed by atoms with Gasteiger partial charge < -0.3 is 10.3 Å². The van der Waals surface area contributed by atoms with E-state index >= 15 is 0 Å². The Bertz CT molecular complexity index is 1160. The van der Waals surface area contributed by atoms with Crippen LogP contribution in [0.1, 0.15) is 5.56 Å². The molecule has 4 rings (SSSR count). The third-order valence-electron chi connectivity index (χ3n) is 4.65. The van der Waals surface area contributed by atoms with Crippen LogP contribution in [-0.2, 0) is 6.18 Å². The number of rotatable bonds is 3. The van der Waals surface area contributed by atoms with Crippen molar-refractivity contribution >= 4 is 21.6 Å². The van der Waals surface area contributed by atoms with E-state index in [1.54, 1.807) is 28.8 Å². The third-order valence-corrected chi connectivity index (χ3v) is 5.18. The number of para-hydroxylation sites is 1. The minimum Gasteiger partial charge on any atom is -0.399 e. The summed E-state index contributed by atoms with van der Waals surface area (Å²) in [4.78, 5) is 0. The molecule has 2 N–H and O–H groups in total. The Labute approximate surface area is 174 Å². The van der Waals surface area contributed by atoms with Gasteiger partial charge in [0.15, 0.2) is 0 Å². The van der Waals surface area contributed by atoms with Crippen LogP contribution in [0.2, 0.25) is 0 Å². The average molecular weight is 457 g/mol. The second-order valence-corrected chi connectivity index (χ2v) is 7.50. The number of alkyl halides is 3. The summed E-state index contributed by atoms with van der Waals surface area (Å²) < 4.78 is 43.9. The summed E-state index contributed by atoms with van der Waals surface area (Å²) in [7, 11) is 0. The van der Waals surface area contributed by atoms with Crippen LogP contribution >= 0.6 is 15.9 Å². The van der Waals surface area contributed by atoms with Crippen molar-refractivity contribution in [2.75, 3.05) is 5.73 Å². The highest BCUT2D eigenvalue weighted by molar-refractivity contribution is 9.10. The molecule has 0 bridgehead atoms. The van der Waals surface area contributed by atoms with Gasteiger partial charge in [-0.3, -0.25) is 0 Å². The summed E-state index contributed by atoms with van der Waals surface area (Å²) in [5.74, 6) is 0. The predicted molar refractivity (Wildman–Crippen MR) is 114 cm³/mol. The van der Waals surface area contributed by atoms with Crippen LogP contribution in [-0.4, -0.2) is 4.57 Å². The number of nitrogens with two attached hydrogens (primary N) is 1. The molecule has 29 heavy (non-hydrogen) atoms. The first-order valence-electron chi connectivity index (χ1n) is 8.85. The van der Waals surface area contributed by atoms with Crippen molar-refractivity contribution in [1.82, 2.24) is 4.57 Å². The Morgan fingerprint density at radius 1 is 0.724 bits per heavy atom. The maximum atomic E-state index is 13.8. The normalized spacial score (nSPS) is 11.6. The molecule has 6 heteroatoms. The lowest BCUT2D eigenvalue weighted by Gasteiger charge is -2.19. The molecule has 0 aliphatic rings. The first-order chi connectivity index (χ1) is 13.8. The van der Waals surface area contributed by atoms with Gasteiger partial charge in [0.05, 0.1) is 22.6 Å². The summed E-state index contributed by atoms with van der Waals surface area (Å²) in [5, 5.41) is 0. The zero-order chi connectivity index (χ0) is 20.6. The lowest BCUT2D eigenvalue weighted by atomic mass is 10.1. The predicted octanol–water partition coefficient (Wildman–Crippen LogP) is 7.17. The van der Waals surface area contributed by atoms with Gasteiger partial charge in [0, 0.05) is 15.7 Å². The van der Waals surface area contributed by atoms with Crippen molar-refractivity contribution in [3.05, 3.63) is 95.0 Å². The standard InChI is InChI=1S/C23H16BrF3N2/c24-17-10-8-15(9-11-17)20-12-13-21(16-4-3-5-18(28)14-16)29(20)22-7-2-1-6-19(22)23(25,26)27/h1-14H,28H2. The molecule has 0 saturated carbocycles. The number of nitrogens with zero attached hydrogens (tertiary/aromatic N) is 1.